The molecule has 2 rings (SSSR count). The standard InChI is InChI=1S/C11H15NO/c1-2-11(12)7-10(11)8-4-3-5-9(13)6-8/h3-6,10,13H,2,7,12H2,1H3. The smallest absolute Gasteiger partial charge is 0.115 e. The van der Waals surface area contributed by atoms with E-state index < -0.39 is 0 Å². The Bertz CT molecular complexity index is 324. The van der Waals surface area contributed by atoms with Crippen LogP contribution in [0.5, 0.6) is 5.75 Å². The first-order chi connectivity index (χ1) is 6.15. The lowest BCUT2D eigenvalue weighted by atomic mass is 10.0. The van der Waals surface area contributed by atoms with Crippen molar-refractivity contribution >= 4 is 0 Å². The van der Waals surface area contributed by atoms with Gasteiger partial charge in [-0.1, -0.05) is 19.1 Å². The average molecular weight is 177 g/mol. The van der Waals surface area contributed by atoms with Crippen molar-refractivity contribution in [2.24, 2.45) is 5.73 Å². The summed E-state index contributed by atoms with van der Waals surface area (Å²) in [5, 5.41) is 9.29. The van der Waals surface area contributed by atoms with Crippen LogP contribution in [0, 0.1) is 0 Å². The van der Waals surface area contributed by atoms with Crippen molar-refractivity contribution in [3.8, 4) is 5.75 Å². The van der Waals surface area contributed by atoms with E-state index >= 15 is 0 Å². The first kappa shape index (κ1) is 8.57. The lowest BCUT2D eigenvalue weighted by Crippen LogP contribution is -2.22. The largest absolute Gasteiger partial charge is 0.508 e. The first-order valence-corrected chi connectivity index (χ1v) is 4.73. The van der Waals surface area contributed by atoms with Crippen molar-refractivity contribution in [3.05, 3.63) is 29.8 Å². The van der Waals surface area contributed by atoms with Gasteiger partial charge in [-0.3, -0.25) is 0 Å². The minimum Gasteiger partial charge on any atom is -0.508 e. The van der Waals surface area contributed by atoms with Crippen LogP contribution >= 0.6 is 0 Å². The highest BCUT2D eigenvalue weighted by Gasteiger charge is 2.49. The Balaban J connectivity index is 2.20. The number of hydrogen-bond donors (Lipinski definition) is 2. The predicted octanol–water partition coefficient (Wildman–Crippen LogP) is 1.99. The van der Waals surface area contributed by atoms with Gasteiger partial charge in [0.05, 0.1) is 0 Å². The van der Waals surface area contributed by atoms with Crippen LogP contribution in [0.15, 0.2) is 24.3 Å². The maximum absolute atomic E-state index is 9.29. The molecule has 0 amide bonds. The second-order valence-corrected chi connectivity index (χ2v) is 3.94. The molecule has 0 aliphatic heterocycles. The highest BCUT2D eigenvalue weighted by atomic mass is 16.3. The van der Waals surface area contributed by atoms with Gasteiger partial charge in [-0.15, -0.1) is 0 Å². The van der Waals surface area contributed by atoms with Gasteiger partial charge in [-0.2, -0.15) is 0 Å². The van der Waals surface area contributed by atoms with Gasteiger partial charge in [0.15, 0.2) is 0 Å². The Morgan fingerprint density at radius 1 is 1.62 bits per heavy atom. The second-order valence-electron chi connectivity index (χ2n) is 3.94. The van der Waals surface area contributed by atoms with Gasteiger partial charge in [0.1, 0.15) is 5.75 Å². The fourth-order valence-corrected chi connectivity index (χ4v) is 1.90. The Kier molecular flexibility index (Phi) is 1.81. The summed E-state index contributed by atoms with van der Waals surface area (Å²) in [6.45, 7) is 2.11. The number of hydrogen-bond acceptors (Lipinski definition) is 2. The summed E-state index contributed by atoms with van der Waals surface area (Å²) in [6, 6.07) is 7.42. The van der Waals surface area contributed by atoms with E-state index in [9.17, 15) is 5.11 Å². The van der Waals surface area contributed by atoms with Crippen LogP contribution < -0.4 is 5.73 Å². The monoisotopic (exact) mass is 177 g/mol. The lowest BCUT2D eigenvalue weighted by molar-refractivity contribution is 0.474. The van der Waals surface area contributed by atoms with Crippen LogP contribution in [-0.4, -0.2) is 10.6 Å². The van der Waals surface area contributed by atoms with Crippen LogP contribution in [0.25, 0.3) is 0 Å². The summed E-state index contributed by atoms with van der Waals surface area (Å²) in [6.07, 6.45) is 2.06. The molecule has 1 fully saturated rings. The van der Waals surface area contributed by atoms with Crippen LogP contribution in [0.2, 0.25) is 0 Å². The van der Waals surface area contributed by atoms with Crippen molar-refractivity contribution in [3.63, 3.8) is 0 Å². The molecule has 0 aromatic heterocycles. The minimum absolute atomic E-state index is 0.00616. The van der Waals surface area contributed by atoms with E-state index in [-0.39, 0.29) is 5.54 Å². The summed E-state index contributed by atoms with van der Waals surface area (Å²) in [4.78, 5) is 0. The van der Waals surface area contributed by atoms with E-state index in [2.05, 4.69) is 6.92 Å². The maximum atomic E-state index is 9.29. The molecule has 0 heterocycles. The second kappa shape index (κ2) is 2.74. The molecule has 1 aromatic rings. The van der Waals surface area contributed by atoms with Crippen molar-refractivity contribution in [1.82, 2.24) is 0 Å². The number of aromatic hydroxyl groups is 1. The van der Waals surface area contributed by atoms with Crippen molar-refractivity contribution in [2.75, 3.05) is 0 Å². The molecule has 1 aromatic carbocycles. The maximum Gasteiger partial charge on any atom is 0.115 e. The summed E-state index contributed by atoms with van der Waals surface area (Å²) < 4.78 is 0. The molecule has 2 atom stereocenters. The third-order valence-corrected chi connectivity index (χ3v) is 3.05. The summed E-state index contributed by atoms with van der Waals surface area (Å²) in [5.74, 6) is 0.785. The third-order valence-electron chi connectivity index (χ3n) is 3.05. The SMILES string of the molecule is CCC1(N)CC1c1cccc(O)c1. The molecule has 3 N–H and O–H groups in total. The third kappa shape index (κ3) is 1.42. The van der Waals surface area contributed by atoms with Crippen molar-refractivity contribution < 1.29 is 5.11 Å². The zero-order valence-corrected chi connectivity index (χ0v) is 7.83. The van der Waals surface area contributed by atoms with Gasteiger partial charge in [0.25, 0.3) is 0 Å². The topological polar surface area (TPSA) is 46.2 Å². The van der Waals surface area contributed by atoms with Crippen LogP contribution in [0.3, 0.4) is 0 Å². The van der Waals surface area contributed by atoms with Gasteiger partial charge in [0.2, 0.25) is 0 Å². The van der Waals surface area contributed by atoms with Gasteiger partial charge >= 0.3 is 0 Å². The molecule has 1 aliphatic carbocycles. The zero-order chi connectivity index (χ0) is 9.47. The van der Waals surface area contributed by atoms with E-state index in [1.54, 1.807) is 6.07 Å². The molecule has 13 heavy (non-hydrogen) atoms. The fourth-order valence-electron chi connectivity index (χ4n) is 1.90. The Morgan fingerprint density at radius 2 is 2.38 bits per heavy atom. The molecule has 0 radical (unpaired) electrons. The van der Waals surface area contributed by atoms with Gasteiger partial charge in [-0.05, 0) is 30.5 Å². The average Bonchev–Trinajstić information content (AvgIpc) is 2.79. The summed E-state index contributed by atoms with van der Waals surface area (Å²) in [7, 11) is 0. The number of phenols is 1. The van der Waals surface area contributed by atoms with Crippen molar-refractivity contribution in [2.45, 2.75) is 31.2 Å². The first-order valence-electron chi connectivity index (χ1n) is 4.73. The molecular weight excluding hydrogens is 162 g/mol. The Morgan fingerprint density at radius 3 is 2.92 bits per heavy atom. The van der Waals surface area contributed by atoms with Crippen LogP contribution in [0.1, 0.15) is 31.2 Å². The highest BCUT2D eigenvalue weighted by molar-refractivity contribution is 5.37. The van der Waals surface area contributed by atoms with Gasteiger partial charge < -0.3 is 10.8 Å². The fraction of sp³-hybridized carbons (Fsp3) is 0.455. The quantitative estimate of drug-likeness (QED) is 0.725. The predicted molar refractivity (Wildman–Crippen MR) is 52.7 cm³/mol. The van der Waals surface area contributed by atoms with E-state index in [1.165, 1.54) is 5.56 Å². The number of benzene rings is 1. The molecule has 0 spiro atoms. The Labute approximate surface area is 78.4 Å². The van der Waals surface area contributed by atoms with E-state index in [0.717, 1.165) is 12.8 Å². The normalized spacial score (nSPS) is 31.7. The number of rotatable bonds is 2. The van der Waals surface area contributed by atoms with Gasteiger partial charge in [-0.25, -0.2) is 0 Å². The van der Waals surface area contributed by atoms with Crippen molar-refractivity contribution in [1.29, 1.82) is 0 Å². The highest BCUT2D eigenvalue weighted by Crippen LogP contribution is 2.51. The van der Waals surface area contributed by atoms with E-state index in [0.29, 0.717) is 11.7 Å². The summed E-state index contributed by atoms with van der Waals surface area (Å²) >= 11 is 0. The lowest BCUT2D eigenvalue weighted by Gasteiger charge is -2.07. The molecule has 0 bridgehead atoms. The van der Waals surface area contributed by atoms with E-state index in [4.69, 9.17) is 5.73 Å². The van der Waals surface area contributed by atoms with Crippen LogP contribution in [-0.2, 0) is 0 Å². The molecule has 70 valence electrons. The molecule has 1 aliphatic rings. The zero-order valence-electron chi connectivity index (χ0n) is 7.83. The molecule has 2 unspecified atom stereocenters. The number of nitrogens with two attached hydrogens (primary N) is 1. The molecule has 2 nitrogen and oxygen atoms in total. The summed E-state index contributed by atoms with van der Waals surface area (Å²) in [5.41, 5.74) is 7.26. The van der Waals surface area contributed by atoms with E-state index in [1.807, 2.05) is 18.2 Å². The molecule has 2 heteroatoms. The van der Waals surface area contributed by atoms with Crippen LogP contribution in [0.4, 0.5) is 0 Å². The Hall–Kier alpha value is -1.02. The van der Waals surface area contributed by atoms with Gasteiger partial charge in [0, 0.05) is 11.5 Å². The number of phenolic OH excluding ortho intramolecular Hbond substituents is 1. The minimum atomic E-state index is -0.00616. The molecule has 0 saturated heterocycles. The molecular formula is C11H15NO. The molecule has 1 saturated carbocycles.